The Balaban J connectivity index is 1.75. The molecule has 0 unspecified atom stereocenters. The largest absolute Gasteiger partial charge is 0.350 e. The van der Waals surface area contributed by atoms with Crippen LogP contribution in [0.5, 0.6) is 0 Å². The predicted molar refractivity (Wildman–Crippen MR) is 113 cm³/mol. The molecule has 3 N–H and O–H groups in total. The lowest BCUT2D eigenvalue weighted by Gasteiger charge is -2.25. The fourth-order valence-electron chi connectivity index (χ4n) is 3.41. The van der Waals surface area contributed by atoms with Gasteiger partial charge in [0.1, 0.15) is 0 Å². The van der Waals surface area contributed by atoms with E-state index >= 15 is 0 Å². The number of fused-ring (bicyclic) bond motifs is 1. The molecule has 30 heavy (non-hydrogen) atoms. The highest BCUT2D eigenvalue weighted by Crippen LogP contribution is 2.20. The topological polar surface area (TPSA) is 135 Å². The maximum Gasteiger partial charge on any atom is 0.314 e. The summed E-state index contributed by atoms with van der Waals surface area (Å²) >= 11 is 0. The average Bonchev–Trinajstić information content (AvgIpc) is 2.86. The second-order valence-corrected chi connectivity index (χ2v) is 10.4. The zero-order valence-electron chi connectivity index (χ0n) is 17.3. The monoisotopic (exact) mass is 437 g/mol. The first-order valence-corrected chi connectivity index (χ1v) is 11.2. The Kier molecular flexibility index (Phi) is 6.16. The molecule has 1 amide bonds. The van der Waals surface area contributed by atoms with Crippen LogP contribution in [0.1, 0.15) is 27.2 Å². The van der Waals surface area contributed by atoms with Gasteiger partial charge in [-0.2, -0.15) is 4.31 Å². The van der Waals surface area contributed by atoms with Crippen LogP contribution in [0.4, 0.5) is 0 Å². The van der Waals surface area contributed by atoms with E-state index in [0.717, 1.165) is 0 Å². The van der Waals surface area contributed by atoms with E-state index in [1.54, 1.807) is 0 Å². The average molecular weight is 438 g/mol. The molecule has 1 aliphatic rings. The highest BCUT2D eigenvalue weighted by atomic mass is 32.2. The van der Waals surface area contributed by atoms with Crippen LogP contribution in [0, 0.1) is 0 Å². The first-order valence-electron chi connectivity index (χ1n) is 9.76. The normalized spacial score (nSPS) is 17.0. The van der Waals surface area contributed by atoms with E-state index in [1.165, 1.54) is 22.5 Å². The molecule has 1 fully saturated rings. The summed E-state index contributed by atoms with van der Waals surface area (Å²) < 4.78 is 27.6. The van der Waals surface area contributed by atoms with Gasteiger partial charge < -0.3 is 15.3 Å². The van der Waals surface area contributed by atoms with Crippen molar-refractivity contribution in [2.75, 3.05) is 32.7 Å². The number of carbonyl (C=O) groups excluding carboxylic acids is 1. The predicted octanol–water partition coefficient (Wildman–Crippen LogP) is -0.172. The Hall–Kier alpha value is -2.50. The van der Waals surface area contributed by atoms with E-state index in [-0.39, 0.29) is 34.9 Å². The van der Waals surface area contributed by atoms with Gasteiger partial charge in [-0.25, -0.2) is 8.42 Å². The van der Waals surface area contributed by atoms with Crippen molar-refractivity contribution in [3.8, 4) is 0 Å². The van der Waals surface area contributed by atoms with Crippen LogP contribution >= 0.6 is 0 Å². The second kappa shape index (κ2) is 8.32. The molecule has 3 rings (SSSR count). The minimum Gasteiger partial charge on any atom is -0.350 e. The van der Waals surface area contributed by atoms with E-state index in [9.17, 15) is 22.8 Å². The van der Waals surface area contributed by atoms with Gasteiger partial charge in [0.15, 0.2) is 0 Å². The number of hydrogen-bond donors (Lipinski definition) is 3. The molecule has 2 heterocycles. The Labute approximate surface area is 174 Å². The molecular formula is C19H27N5O5S. The van der Waals surface area contributed by atoms with Crippen molar-refractivity contribution in [2.24, 2.45) is 0 Å². The number of hydrogen-bond acceptors (Lipinski definition) is 6. The lowest BCUT2D eigenvalue weighted by atomic mass is 10.1. The van der Waals surface area contributed by atoms with Crippen molar-refractivity contribution in [2.45, 2.75) is 37.6 Å². The van der Waals surface area contributed by atoms with Gasteiger partial charge in [-0.05, 0) is 51.9 Å². The summed E-state index contributed by atoms with van der Waals surface area (Å²) in [5.74, 6) is -0.0914. The lowest BCUT2D eigenvalue weighted by Crippen LogP contribution is -2.46. The second-order valence-electron chi connectivity index (χ2n) is 8.45. The molecule has 10 nitrogen and oxygen atoms in total. The van der Waals surface area contributed by atoms with Crippen molar-refractivity contribution < 1.29 is 13.2 Å². The smallest absolute Gasteiger partial charge is 0.314 e. The molecule has 1 aromatic carbocycles. The molecular weight excluding hydrogens is 410 g/mol. The first-order chi connectivity index (χ1) is 14.0. The molecule has 0 radical (unpaired) electrons. The fourth-order valence-corrected chi connectivity index (χ4v) is 4.91. The van der Waals surface area contributed by atoms with Crippen LogP contribution in [0.3, 0.4) is 0 Å². The summed E-state index contributed by atoms with van der Waals surface area (Å²) in [6, 6.07) is 4.22. The molecule has 1 saturated heterocycles. The molecule has 164 valence electrons. The van der Waals surface area contributed by atoms with E-state index in [2.05, 4.69) is 15.3 Å². The minimum absolute atomic E-state index is 0.0385. The molecule has 0 atom stereocenters. The van der Waals surface area contributed by atoms with E-state index in [0.29, 0.717) is 31.6 Å². The van der Waals surface area contributed by atoms with Gasteiger partial charge in [0.25, 0.3) is 0 Å². The standard InChI is InChI=1S/C19H27N5O5S/c1-19(2,3)22-16(25)12-23-7-4-8-24(10-9-23)30(28,29)13-5-6-14-15(11-13)21-18(27)17(26)20-14/h5-6,11H,4,7-10,12H2,1-3H3,(H,20,26)(H,21,27)(H,22,25). The van der Waals surface area contributed by atoms with Gasteiger partial charge in [0, 0.05) is 25.2 Å². The van der Waals surface area contributed by atoms with Crippen LogP contribution in [0.2, 0.25) is 0 Å². The number of aromatic nitrogens is 2. The molecule has 0 aliphatic carbocycles. The molecule has 1 aliphatic heterocycles. The number of benzene rings is 1. The highest BCUT2D eigenvalue weighted by Gasteiger charge is 2.28. The zero-order valence-corrected chi connectivity index (χ0v) is 18.1. The quantitative estimate of drug-likeness (QED) is 0.568. The summed E-state index contributed by atoms with van der Waals surface area (Å²) in [5.41, 5.74) is -1.35. The van der Waals surface area contributed by atoms with E-state index < -0.39 is 21.1 Å². The Morgan fingerprint density at radius 3 is 2.37 bits per heavy atom. The number of H-pyrrole nitrogens is 2. The molecule has 0 bridgehead atoms. The zero-order chi connectivity index (χ0) is 22.1. The van der Waals surface area contributed by atoms with Crippen molar-refractivity contribution in [1.29, 1.82) is 0 Å². The van der Waals surface area contributed by atoms with Crippen LogP contribution < -0.4 is 16.4 Å². The first kappa shape index (κ1) is 22.2. The Bertz CT molecular complexity index is 1160. The summed E-state index contributed by atoms with van der Waals surface area (Å²) in [5, 5.41) is 2.91. The third kappa shape index (κ3) is 5.15. The number of carbonyl (C=O) groups is 1. The summed E-state index contributed by atoms with van der Waals surface area (Å²) in [7, 11) is -3.79. The summed E-state index contributed by atoms with van der Waals surface area (Å²) in [4.78, 5) is 42.0. The molecule has 1 aromatic heterocycles. The van der Waals surface area contributed by atoms with Gasteiger partial charge in [-0.15, -0.1) is 0 Å². The third-order valence-electron chi connectivity index (χ3n) is 4.76. The SMILES string of the molecule is CC(C)(C)NC(=O)CN1CCCN(S(=O)(=O)c2ccc3[nH]c(=O)c(=O)[nH]c3c2)CC1. The highest BCUT2D eigenvalue weighted by molar-refractivity contribution is 7.89. The van der Waals surface area contributed by atoms with Crippen molar-refractivity contribution in [1.82, 2.24) is 24.5 Å². The van der Waals surface area contributed by atoms with Gasteiger partial charge in [-0.1, -0.05) is 0 Å². The van der Waals surface area contributed by atoms with Crippen LogP contribution in [-0.4, -0.2) is 71.8 Å². The van der Waals surface area contributed by atoms with Gasteiger partial charge in [0.05, 0.1) is 22.5 Å². The molecule has 11 heteroatoms. The summed E-state index contributed by atoms with van der Waals surface area (Å²) in [6.07, 6.45) is 0.597. The minimum atomic E-state index is -3.79. The van der Waals surface area contributed by atoms with Gasteiger partial charge in [-0.3, -0.25) is 19.3 Å². The molecule has 0 spiro atoms. The maximum atomic E-state index is 13.1. The van der Waals surface area contributed by atoms with Crippen LogP contribution in [0.15, 0.2) is 32.7 Å². The number of nitrogens with one attached hydrogen (secondary N) is 3. The maximum absolute atomic E-state index is 13.1. The fraction of sp³-hybridized carbons (Fsp3) is 0.526. The van der Waals surface area contributed by atoms with E-state index in [4.69, 9.17) is 0 Å². The number of aromatic amines is 2. The van der Waals surface area contributed by atoms with E-state index in [1.807, 2.05) is 25.7 Å². The van der Waals surface area contributed by atoms with Gasteiger partial charge in [0.2, 0.25) is 15.9 Å². The van der Waals surface area contributed by atoms with Crippen LogP contribution in [0.25, 0.3) is 11.0 Å². The Morgan fingerprint density at radius 2 is 1.70 bits per heavy atom. The Morgan fingerprint density at radius 1 is 1.03 bits per heavy atom. The molecule has 2 aromatic rings. The summed E-state index contributed by atoms with van der Waals surface area (Å²) in [6.45, 7) is 7.60. The van der Waals surface area contributed by atoms with Gasteiger partial charge >= 0.3 is 11.1 Å². The van der Waals surface area contributed by atoms with Crippen molar-refractivity contribution in [3.05, 3.63) is 38.9 Å². The molecule has 0 saturated carbocycles. The van der Waals surface area contributed by atoms with Crippen LogP contribution in [-0.2, 0) is 14.8 Å². The number of nitrogens with zero attached hydrogens (tertiary/aromatic N) is 2. The van der Waals surface area contributed by atoms with Crippen molar-refractivity contribution in [3.63, 3.8) is 0 Å². The number of rotatable bonds is 4. The van der Waals surface area contributed by atoms with Crippen molar-refractivity contribution >= 4 is 27.0 Å². The third-order valence-corrected chi connectivity index (χ3v) is 6.66. The number of amides is 1. The lowest BCUT2D eigenvalue weighted by molar-refractivity contribution is -0.123. The number of sulfonamides is 1.